The summed E-state index contributed by atoms with van der Waals surface area (Å²) in [7, 11) is 0. The third-order valence-corrected chi connectivity index (χ3v) is 5.47. The van der Waals surface area contributed by atoms with E-state index >= 15 is 0 Å². The number of anilines is 1. The summed E-state index contributed by atoms with van der Waals surface area (Å²) in [4.78, 5) is 28.9. The molecule has 3 aromatic heterocycles. The monoisotopic (exact) mass is 450 g/mol. The number of H-pyrrole nitrogens is 1. The van der Waals surface area contributed by atoms with Crippen LogP contribution in [0.25, 0.3) is 27.6 Å². The molecule has 10 heteroatoms. The minimum absolute atomic E-state index is 0.120. The second kappa shape index (κ2) is 8.05. The summed E-state index contributed by atoms with van der Waals surface area (Å²) in [6, 6.07) is 8.35. The fourth-order valence-corrected chi connectivity index (χ4v) is 3.87. The number of fused-ring (bicyclic) bond motifs is 2. The van der Waals surface area contributed by atoms with Crippen molar-refractivity contribution < 1.29 is 13.2 Å². The molecule has 1 atom stereocenters. The Hall–Kier alpha value is -4.21. The van der Waals surface area contributed by atoms with E-state index in [1.807, 2.05) is 6.92 Å². The zero-order valence-electron chi connectivity index (χ0n) is 17.3. The Morgan fingerprint density at radius 2 is 1.88 bits per heavy atom. The Morgan fingerprint density at radius 1 is 1.03 bits per heavy atom. The fourth-order valence-electron chi connectivity index (χ4n) is 3.87. The summed E-state index contributed by atoms with van der Waals surface area (Å²) in [6.45, 7) is 1.90. The highest BCUT2D eigenvalue weighted by Gasteiger charge is 2.21. The van der Waals surface area contributed by atoms with Gasteiger partial charge in [0.2, 0.25) is 0 Å². The molecule has 2 aromatic carbocycles. The summed E-state index contributed by atoms with van der Waals surface area (Å²) in [5.41, 5.74) is 1.09. The lowest BCUT2D eigenvalue weighted by molar-refractivity contribution is 0.507. The van der Waals surface area contributed by atoms with Crippen LogP contribution in [0.3, 0.4) is 0 Å². The molecule has 0 aliphatic rings. The van der Waals surface area contributed by atoms with Crippen LogP contribution in [0.15, 0.2) is 59.9 Å². The van der Waals surface area contributed by atoms with Crippen molar-refractivity contribution in [1.82, 2.24) is 24.5 Å². The number of hydrogen-bond acceptors (Lipinski definition) is 5. The third-order valence-electron chi connectivity index (χ3n) is 5.47. The zero-order chi connectivity index (χ0) is 23.1. The molecule has 0 saturated carbocycles. The van der Waals surface area contributed by atoms with Gasteiger partial charge in [0.25, 0.3) is 5.56 Å². The average molecular weight is 450 g/mol. The molecule has 0 amide bonds. The lowest BCUT2D eigenvalue weighted by Gasteiger charge is -2.23. The number of rotatable bonds is 5. The maximum absolute atomic E-state index is 14.1. The molecule has 7 nitrogen and oxygen atoms in total. The highest BCUT2D eigenvalue weighted by molar-refractivity contribution is 5.84. The Kier molecular flexibility index (Phi) is 5.04. The standard InChI is InChI=1S/C23H17F3N6O/c1-2-18(31-22-20-21(28-10-27-20)29-11-30-22)19-7-12-3-4-13(24)8-15(12)23(33)32(19)14-5-6-16(25)17(26)9-14/h3-11,18H,2H2,1H3,(H2,27,28,29,30,31)/t18-/m1/s1. The number of aromatic nitrogens is 5. The molecule has 0 aliphatic carbocycles. The lowest BCUT2D eigenvalue weighted by atomic mass is 10.0. The van der Waals surface area contributed by atoms with E-state index in [4.69, 9.17) is 0 Å². The molecule has 0 spiro atoms. The van der Waals surface area contributed by atoms with Gasteiger partial charge in [0.15, 0.2) is 23.1 Å². The van der Waals surface area contributed by atoms with Crippen molar-refractivity contribution in [1.29, 1.82) is 0 Å². The molecule has 2 N–H and O–H groups in total. The van der Waals surface area contributed by atoms with Gasteiger partial charge in [-0.2, -0.15) is 0 Å². The van der Waals surface area contributed by atoms with Crippen molar-refractivity contribution in [2.75, 3.05) is 5.32 Å². The van der Waals surface area contributed by atoms with Crippen LogP contribution in [0, 0.1) is 17.5 Å². The number of imidazole rings is 1. The van der Waals surface area contributed by atoms with Gasteiger partial charge in [0.1, 0.15) is 17.7 Å². The van der Waals surface area contributed by atoms with E-state index in [1.165, 1.54) is 35.4 Å². The van der Waals surface area contributed by atoms with Crippen molar-refractivity contribution in [2.45, 2.75) is 19.4 Å². The highest BCUT2D eigenvalue weighted by atomic mass is 19.2. The molecule has 33 heavy (non-hydrogen) atoms. The van der Waals surface area contributed by atoms with E-state index in [1.54, 1.807) is 6.07 Å². The molecule has 5 aromatic rings. The van der Waals surface area contributed by atoms with Gasteiger partial charge in [0, 0.05) is 11.8 Å². The van der Waals surface area contributed by atoms with E-state index in [2.05, 4.69) is 25.3 Å². The molecule has 0 unspecified atom stereocenters. The van der Waals surface area contributed by atoms with Crippen LogP contribution in [0.5, 0.6) is 0 Å². The molecule has 0 saturated heterocycles. The van der Waals surface area contributed by atoms with Crippen LogP contribution in [-0.2, 0) is 0 Å². The number of nitrogens with one attached hydrogen (secondary N) is 2. The number of halogens is 3. The van der Waals surface area contributed by atoms with Gasteiger partial charge in [0.05, 0.1) is 23.4 Å². The molecule has 5 rings (SSSR count). The molecule has 0 aliphatic heterocycles. The summed E-state index contributed by atoms with van der Waals surface area (Å²) in [5.74, 6) is -2.24. The number of benzene rings is 2. The van der Waals surface area contributed by atoms with E-state index in [0.29, 0.717) is 34.5 Å². The maximum atomic E-state index is 14.1. The number of aromatic amines is 1. The topological polar surface area (TPSA) is 88.5 Å². The highest BCUT2D eigenvalue weighted by Crippen LogP contribution is 2.28. The van der Waals surface area contributed by atoms with Crippen LogP contribution >= 0.6 is 0 Å². The van der Waals surface area contributed by atoms with Gasteiger partial charge in [-0.05, 0) is 42.1 Å². The SMILES string of the molecule is CC[C@@H](Nc1ncnc2nc[nH]c12)c1cc2ccc(F)cc2c(=O)n1-c1ccc(F)c(F)c1. The summed E-state index contributed by atoms with van der Waals surface area (Å²) in [6.07, 6.45) is 3.37. The molecular formula is C23H17F3N6O. The van der Waals surface area contributed by atoms with Crippen LogP contribution in [0.1, 0.15) is 25.1 Å². The predicted molar refractivity (Wildman–Crippen MR) is 118 cm³/mol. The molecule has 0 fully saturated rings. The summed E-state index contributed by atoms with van der Waals surface area (Å²) >= 11 is 0. The Balaban J connectivity index is 1.74. The second-order valence-electron chi connectivity index (χ2n) is 7.47. The maximum Gasteiger partial charge on any atom is 0.263 e. The quantitative estimate of drug-likeness (QED) is 0.407. The third kappa shape index (κ3) is 3.59. The van der Waals surface area contributed by atoms with E-state index in [9.17, 15) is 18.0 Å². The van der Waals surface area contributed by atoms with Crippen LogP contribution in [0.2, 0.25) is 0 Å². The summed E-state index contributed by atoms with van der Waals surface area (Å²) < 4.78 is 42.9. The minimum Gasteiger partial charge on any atom is -0.360 e. The second-order valence-corrected chi connectivity index (χ2v) is 7.47. The van der Waals surface area contributed by atoms with Crippen molar-refractivity contribution in [3.05, 3.63) is 88.6 Å². The smallest absolute Gasteiger partial charge is 0.263 e. The van der Waals surface area contributed by atoms with Crippen molar-refractivity contribution in [2.24, 2.45) is 0 Å². The van der Waals surface area contributed by atoms with Gasteiger partial charge in [-0.3, -0.25) is 9.36 Å². The normalized spacial score (nSPS) is 12.4. The molecule has 0 radical (unpaired) electrons. The first-order valence-corrected chi connectivity index (χ1v) is 10.2. The number of hydrogen-bond donors (Lipinski definition) is 2. The predicted octanol–water partition coefficient (Wildman–Crippen LogP) is 4.64. The number of pyridine rings is 1. The van der Waals surface area contributed by atoms with Gasteiger partial charge in [-0.1, -0.05) is 13.0 Å². The van der Waals surface area contributed by atoms with Gasteiger partial charge in [-0.15, -0.1) is 0 Å². The molecular weight excluding hydrogens is 433 g/mol. The Bertz CT molecular complexity index is 1560. The van der Waals surface area contributed by atoms with Crippen LogP contribution < -0.4 is 10.9 Å². The first-order valence-electron chi connectivity index (χ1n) is 10.2. The Labute approximate surface area is 185 Å². The van der Waals surface area contributed by atoms with E-state index in [0.717, 1.165) is 18.2 Å². The van der Waals surface area contributed by atoms with Crippen molar-refractivity contribution in [3.63, 3.8) is 0 Å². The number of nitrogens with zero attached hydrogens (tertiary/aromatic N) is 4. The minimum atomic E-state index is -1.10. The molecule has 0 bridgehead atoms. The van der Waals surface area contributed by atoms with Crippen LogP contribution in [0.4, 0.5) is 19.0 Å². The largest absolute Gasteiger partial charge is 0.360 e. The van der Waals surface area contributed by atoms with Gasteiger partial charge < -0.3 is 10.3 Å². The summed E-state index contributed by atoms with van der Waals surface area (Å²) in [5, 5.41) is 3.93. The first kappa shape index (κ1) is 20.7. The van der Waals surface area contributed by atoms with Crippen molar-refractivity contribution in [3.8, 4) is 5.69 Å². The zero-order valence-corrected chi connectivity index (χ0v) is 17.3. The molecule has 3 heterocycles. The van der Waals surface area contributed by atoms with Crippen LogP contribution in [-0.4, -0.2) is 24.5 Å². The van der Waals surface area contributed by atoms with Crippen molar-refractivity contribution >= 4 is 27.8 Å². The Morgan fingerprint density at radius 3 is 2.67 bits per heavy atom. The van der Waals surface area contributed by atoms with E-state index in [-0.39, 0.29) is 11.1 Å². The fraction of sp³-hybridized carbons (Fsp3) is 0.130. The molecule has 166 valence electrons. The van der Waals surface area contributed by atoms with E-state index < -0.39 is 29.1 Å². The first-order chi connectivity index (χ1) is 16.0. The van der Waals surface area contributed by atoms with Gasteiger partial charge >= 0.3 is 0 Å². The lowest BCUT2D eigenvalue weighted by Crippen LogP contribution is -2.26. The average Bonchev–Trinajstić information content (AvgIpc) is 3.29. The van der Waals surface area contributed by atoms with Gasteiger partial charge in [-0.25, -0.2) is 28.1 Å².